The second kappa shape index (κ2) is 6.52. The summed E-state index contributed by atoms with van der Waals surface area (Å²) in [6.45, 7) is 1.54. The van der Waals surface area contributed by atoms with Gasteiger partial charge in [0.2, 0.25) is 0 Å². The van der Waals surface area contributed by atoms with Crippen molar-refractivity contribution in [2.24, 2.45) is 0 Å². The van der Waals surface area contributed by atoms with Crippen LogP contribution in [0.4, 0.5) is 0 Å². The first-order chi connectivity index (χ1) is 12.3. The number of morpholine rings is 1. The molecular weight excluding hydrogens is 376 g/mol. The monoisotopic (exact) mass is 400 g/mol. The molecule has 1 spiro atoms. The van der Waals surface area contributed by atoms with Gasteiger partial charge < -0.3 is 9.64 Å². The molecule has 3 aliphatic rings. The van der Waals surface area contributed by atoms with E-state index in [2.05, 4.69) is 4.98 Å². The summed E-state index contributed by atoms with van der Waals surface area (Å²) in [5, 5.41) is 1.76. The maximum atomic E-state index is 12.7. The van der Waals surface area contributed by atoms with Crippen LogP contribution in [-0.4, -0.2) is 84.3 Å². The van der Waals surface area contributed by atoms with Crippen molar-refractivity contribution in [2.45, 2.75) is 43.4 Å². The van der Waals surface area contributed by atoms with Crippen LogP contribution in [0.5, 0.6) is 0 Å². The molecule has 4 rings (SSSR count). The molecule has 2 bridgehead atoms. The molecule has 0 aliphatic carbocycles. The van der Waals surface area contributed by atoms with Gasteiger partial charge in [0.15, 0.2) is 0 Å². The van der Waals surface area contributed by atoms with E-state index in [1.54, 1.807) is 29.3 Å². The Hall–Kier alpha value is -1.07. The van der Waals surface area contributed by atoms with Gasteiger partial charge in [-0.1, -0.05) is 0 Å². The molecule has 26 heavy (non-hydrogen) atoms. The van der Waals surface area contributed by atoms with Crippen LogP contribution < -0.4 is 0 Å². The minimum absolute atomic E-state index is 0.0597. The first-order valence-electron chi connectivity index (χ1n) is 8.85. The van der Waals surface area contributed by atoms with Crippen LogP contribution in [0.1, 0.15) is 36.2 Å². The molecule has 1 aromatic heterocycles. The van der Waals surface area contributed by atoms with Crippen LogP contribution in [-0.2, 0) is 14.9 Å². The zero-order chi connectivity index (χ0) is 18.5. The SMILES string of the molecule is CN(C)S(=O)(=O)N1[C@@H]2CC[C@H]1CC1(C2)CN(C(=O)c2cscn2)CCO1. The van der Waals surface area contributed by atoms with Crippen molar-refractivity contribution >= 4 is 27.5 Å². The van der Waals surface area contributed by atoms with Gasteiger partial charge in [-0.25, -0.2) is 4.98 Å². The summed E-state index contributed by atoms with van der Waals surface area (Å²) in [6, 6.07) is -0.119. The van der Waals surface area contributed by atoms with Crippen molar-refractivity contribution in [1.29, 1.82) is 0 Å². The Labute approximate surface area is 157 Å². The number of hydrogen-bond acceptors (Lipinski definition) is 6. The standard InChI is InChI=1S/C16H24N4O4S2/c1-18(2)26(22,23)20-12-3-4-13(20)8-16(7-12)10-19(5-6-24-16)15(21)14-9-25-11-17-14/h9,11-13H,3-8,10H2,1-2H3/t12-,13+,16?. The summed E-state index contributed by atoms with van der Waals surface area (Å²) < 4.78 is 34.5. The van der Waals surface area contributed by atoms with Gasteiger partial charge in [-0.15, -0.1) is 11.3 Å². The number of nitrogens with zero attached hydrogens (tertiary/aromatic N) is 4. The van der Waals surface area contributed by atoms with Crippen LogP contribution in [0.15, 0.2) is 10.9 Å². The molecule has 3 aliphatic heterocycles. The molecule has 0 saturated carbocycles. The predicted octanol–water partition coefficient (Wildman–Crippen LogP) is 0.788. The van der Waals surface area contributed by atoms with E-state index in [0.29, 0.717) is 38.2 Å². The predicted molar refractivity (Wildman–Crippen MR) is 97.2 cm³/mol. The smallest absolute Gasteiger partial charge is 0.281 e. The van der Waals surface area contributed by atoms with E-state index >= 15 is 0 Å². The molecule has 10 heteroatoms. The maximum Gasteiger partial charge on any atom is 0.281 e. The number of hydrogen-bond donors (Lipinski definition) is 0. The van der Waals surface area contributed by atoms with Crippen molar-refractivity contribution in [1.82, 2.24) is 18.5 Å². The van der Waals surface area contributed by atoms with Crippen molar-refractivity contribution < 1.29 is 17.9 Å². The molecular formula is C16H24N4O4S2. The number of fused-ring (bicyclic) bond motifs is 2. The molecule has 3 atom stereocenters. The highest BCUT2D eigenvalue weighted by Crippen LogP contribution is 2.45. The Morgan fingerprint density at radius 3 is 2.62 bits per heavy atom. The molecule has 0 aromatic carbocycles. The average molecular weight is 401 g/mol. The molecule has 4 heterocycles. The number of carbonyl (C=O) groups is 1. The van der Waals surface area contributed by atoms with Gasteiger partial charge in [0.05, 0.1) is 24.3 Å². The fourth-order valence-corrected chi connectivity index (χ4v) is 6.59. The van der Waals surface area contributed by atoms with Gasteiger partial charge in [0.25, 0.3) is 16.1 Å². The number of carbonyl (C=O) groups excluding carboxylic acids is 1. The van der Waals surface area contributed by atoms with Crippen LogP contribution in [0.3, 0.4) is 0 Å². The lowest BCUT2D eigenvalue weighted by atomic mass is 9.85. The molecule has 8 nitrogen and oxygen atoms in total. The summed E-state index contributed by atoms with van der Waals surface area (Å²) >= 11 is 1.41. The fraction of sp³-hybridized carbons (Fsp3) is 0.750. The van der Waals surface area contributed by atoms with Gasteiger partial charge >= 0.3 is 0 Å². The normalized spacial score (nSPS) is 32.5. The first kappa shape index (κ1) is 18.3. The Balaban J connectivity index is 1.53. The van der Waals surface area contributed by atoms with Crippen LogP contribution >= 0.6 is 11.3 Å². The third-order valence-electron chi connectivity index (χ3n) is 5.68. The van der Waals surface area contributed by atoms with Gasteiger partial charge in [-0.2, -0.15) is 17.0 Å². The second-order valence-electron chi connectivity index (χ2n) is 7.55. The largest absolute Gasteiger partial charge is 0.371 e. The van der Waals surface area contributed by atoms with Crippen molar-refractivity contribution in [3.8, 4) is 0 Å². The zero-order valence-corrected chi connectivity index (χ0v) is 16.6. The highest BCUT2D eigenvalue weighted by atomic mass is 32.2. The van der Waals surface area contributed by atoms with Crippen molar-refractivity contribution in [3.05, 3.63) is 16.6 Å². The first-order valence-corrected chi connectivity index (χ1v) is 11.2. The molecule has 0 radical (unpaired) electrons. The number of rotatable bonds is 3. The van der Waals surface area contributed by atoms with Gasteiger partial charge in [-0.3, -0.25) is 4.79 Å². The number of piperidine rings is 1. The second-order valence-corrected chi connectivity index (χ2v) is 10.3. The Morgan fingerprint density at radius 1 is 1.35 bits per heavy atom. The Morgan fingerprint density at radius 2 is 2.04 bits per heavy atom. The van der Waals surface area contributed by atoms with Crippen LogP contribution in [0.25, 0.3) is 0 Å². The number of amides is 1. The molecule has 144 valence electrons. The van der Waals surface area contributed by atoms with E-state index in [1.165, 1.54) is 15.6 Å². The fourth-order valence-electron chi connectivity index (χ4n) is 4.57. The van der Waals surface area contributed by atoms with E-state index in [4.69, 9.17) is 4.74 Å². The summed E-state index contributed by atoms with van der Waals surface area (Å²) in [6.07, 6.45) is 2.97. The van der Waals surface area contributed by atoms with Crippen LogP contribution in [0.2, 0.25) is 0 Å². The summed E-state index contributed by atoms with van der Waals surface area (Å²) in [5.41, 5.74) is 1.69. The molecule has 1 aromatic rings. The third-order valence-corrected chi connectivity index (χ3v) is 8.32. The molecule has 3 saturated heterocycles. The lowest BCUT2D eigenvalue weighted by molar-refractivity contribution is -0.132. The molecule has 1 amide bonds. The molecule has 1 unspecified atom stereocenters. The highest BCUT2D eigenvalue weighted by Gasteiger charge is 2.55. The zero-order valence-electron chi connectivity index (χ0n) is 15.0. The van der Waals surface area contributed by atoms with E-state index in [-0.39, 0.29) is 18.0 Å². The van der Waals surface area contributed by atoms with Crippen molar-refractivity contribution in [2.75, 3.05) is 33.8 Å². The molecule has 3 fully saturated rings. The highest BCUT2D eigenvalue weighted by molar-refractivity contribution is 7.86. The Kier molecular flexibility index (Phi) is 4.59. The van der Waals surface area contributed by atoms with Crippen molar-refractivity contribution in [3.63, 3.8) is 0 Å². The van der Waals surface area contributed by atoms with Crippen LogP contribution in [0, 0.1) is 0 Å². The summed E-state index contributed by atoms with van der Waals surface area (Å²) in [7, 11) is -0.287. The van der Waals surface area contributed by atoms with E-state index in [0.717, 1.165) is 12.8 Å². The minimum Gasteiger partial charge on any atom is -0.371 e. The lowest BCUT2D eigenvalue weighted by Gasteiger charge is -2.50. The maximum absolute atomic E-state index is 12.7. The average Bonchev–Trinajstić information content (AvgIpc) is 3.22. The van der Waals surface area contributed by atoms with Gasteiger partial charge in [0.1, 0.15) is 5.69 Å². The summed E-state index contributed by atoms with van der Waals surface area (Å²) in [5.74, 6) is -0.0652. The topological polar surface area (TPSA) is 83.1 Å². The van der Waals surface area contributed by atoms with E-state index in [1.807, 2.05) is 4.90 Å². The number of aromatic nitrogens is 1. The van der Waals surface area contributed by atoms with E-state index in [9.17, 15) is 13.2 Å². The number of ether oxygens (including phenoxy) is 1. The minimum atomic E-state index is -3.43. The lowest BCUT2D eigenvalue weighted by Crippen LogP contribution is -2.62. The number of thiazole rings is 1. The van der Waals surface area contributed by atoms with Gasteiger partial charge in [-0.05, 0) is 25.7 Å². The quantitative estimate of drug-likeness (QED) is 0.749. The molecule has 0 N–H and O–H groups in total. The van der Waals surface area contributed by atoms with E-state index < -0.39 is 15.8 Å². The van der Waals surface area contributed by atoms with Gasteiger partial charge in [0, 0.05) is 38.1 Å². The Bertz CT molecular complexity index is 766. The third kappa shape index (κ3) is 2.97. The summed E-state index contributed by atoms with van der Waals surface area (Å²) in [4.78, 5) is 18.6.